The minimum absolute atomic E-state index is 0.765. The predicted octanol–water partition coefficient (Wildman–Crippen LogP) is 3.46. The molecule has 0 aliphatic carbocycles. The van der Waals surface area contributed by atoms with E-state index in [4.69, 9.17) is 0 Å². The van der Waals surface area contributed by atoms with E-state index < -0.39 is 0 Å². The summed E-state index contributed by atoms with van der Waals surface area (Å²) in [5, 5.41) is 13.0. The average molecular weight is 312 g/mol. The summed E-state index contributed by atoms with van der Waals surface area (Å²) in [5.41, 5.74) is 4.40. The van der Waals surface area contributed by atoms with Crippen LogP contribution in [0.5, 0.6) is 0 Å². The molecule has 0 spiro atoms. The summed E-state index contributed by atoms with van der Waals surface area (Å²) in [6.07, 6.45) is 0. The normalized spacial score (nSPS) is 11.2. The number of benzene rings is 1. The van der Waals surface area contributed by atoms with Gasteiger partial charge in [-0.05, 0) is 32.0 Å². The predicted molar refractivity (Wildman–Crippen MR) is 92.2 cm³/mol. The number of nitrogens with one attached hydrogen (secondary N) is 2. The summed E-state index contributed by atoms with van der Waals surface area (Å²) in [6, 6.07) is 12.5. The van der Waals surface area contributed by atoms with Crippen molar-refractivity contribution in [3.05, 3.63) is 53.5 Å². The largest absolute Gasteiger partial charge is 0.358 e. The van der Waals surface area contributed by atoms with Gasteiger partial charge in [-0.2, -0.15) is 10.2 Å². The molecule has 1 aromatic carbocycles. The Labute approximate surface area is 134 Å². The van der Waals surface area contributed by atoms with Gasteiger partial charge in [-0.1, -0.05) is 18.2 Å². The van der Waals surface area contributed by atoms with Gasteiger partial charge in [0.2, 0.25) is 0 Å². The third-order valence-corrected chi connectivity index (χ3v) is 4.74. The van der Waals surface area contributed by atoms with Crippen LogP contribution in [0.3, 0.4) is 0 Å². The van der Waals surface area contributed by atoms with E-state index in [9.17, 15) is 0 Å². The molecular weight excluding hydrogens is 292 g/mol. The number of thioether (sulfide) groups is 1. The lowest BCUT2D eigenvalue weighted by Crippen LogP contribution is -2.17. The standard InChI is InChI=1S/C17H20N4S/c1-12-7-8-14(21-20-12)11-18-9-10-22-17-13(2)19-16-6-4-3-5-15(16)17/h3-8,18-19H,9-11H2,1-2H3. The van der Waals surface area contributed by atoms with Crippen LogP contribution in [0, 0.1) is 13.8 Å². The molecule has 0 amide bonds. The Hall–Kier alpha value is -1.85. The molecule has 0 aliphatic heterocycles. The van der Waals surface area contributed by atoms with E-state index in [1.807, 2.05) is 30.8 Å². The Balaban J connectivity index is 1.50. The molecule has 114 valence electrons. The van der Waals surface area contributed by atoms with Gasteiger partial charge < -0.3 is 10.3 Å². The molecule has 0 fully saturated rings. The molecule has 22 heavy (non-hydrogen) atoms. The van der Waals surface area contributed by atoms with E-state index in [2.05, 4.69) is 51.7 Å². The minimum atomic E-state index is 0.765. The van der Waals surface area contributed by atoms with Crippen LogP contribution >= 0.6 is 11.8 Å². The van der Waals surface area contributed by atoms with Gasteiger partial charge in [-0.3, -0.25) is 0 Å². The van der Waals surface area contributed by atoms with Gasteiger partial charge in [0.15, 0.2) is 0 Å². The molecule has 2 heterocycles. The Morgan fingerprint density at radius 3 is 2.77 bits per heavy atom. The third kappa shape index (κ3) is 3.48. The van der Waals surface area contributed by atoms with Crippen molar-refractivity contribution >= 4 is 22.7 Å². The molecule has 0 saturated carbocycles. The molecule has 2 N–H and O–H groups in total. The maximum atomic E-state index is 4.16. The Morgan fingerprint density at radius 1 is 1.09 bits per heavy atom. The van der Waals surface area contributed by atoms with Crippen LogP contribution in [0.25, 0.3) is 10.9 Å². The molecule has 4 nitrogen and oxygen atoms in total. The number of hydrogen-bond donors (Lipinski definition) is 2. The summed E-state index contributed by atoms with van der Waals surface area (Å²) in [4.78, 5) is 4.79. The third-order valence-electron chi connectivity index (χ3n) is 3.52. The second-order valence-electron chi connectivity index (χ2n) is 5.32. The Bertz CT molecular complexity index is 749. The molecule has 0 atom stereocenters. The molecule has 2 aromatic heterocycles. The number of aromatic nitrogens is 3. The number of para-hydroxylation sites is 1. The molecule has 0 saturated heterocycles. The highest BCUT2D eigenvalue weighted by Gasteiger charge is 2.07. The zero-order chi connectivity index (χ0) is 15.4. The first-order chi connectivity index (χ1) is 10.7. The smallest absolute Gasteiger partial charge is 0.0769 e. The molecular formula is C17H20N4S. The maximum absolute atomic E-state index is 4.16. The zero-order valence-corrected chi connectivity index (χ0v) is 13.7. The number of rotatable bonds is 6. The van der Waals surface area contributed by atoms with Crippen molar-refractivity contribution in [1.82, 2.24) is 20.5 Å². The van der Waals surface area contributed by atoms with Crippen LogP contribution in [0.2, 0.25) is 0 Å². The zero-order valence-electron chi connectivity index (χ0n) is 12.9. The number of fused-ring (bicyclic) bond motifs is 1. The van der Waals surface area contributed by atoms with Crippen molar-refractivity contribution in [3.8, 4) is 0 Å². The summed E-state index contributed by atoms with van der Waals surface area (Å²) in [7, 11) is 0. The first-order valence-corrected chi connectivity index (χ1v) is 8.42. The van der Waals surface area contributed by atoms with Crippen LogP contribution in [0.1, 0.15) is 17.1 Å². The van der Waals surface area contributed by atoms with Crippen molar-refractivity contribution < 1.29 is 0 Å². The first-order valence-electron chi connectivity index (χ1n) is 7.44. The van der Waals surface area contributed by atoms with Gasteiger partial charge in [0.25, 0.3) is 0 Å². The number of hydrogen-bond acceptors (Lipinski definition) is 4. The monoisotopic (exact) mass is 312 g/mol. The van der Waals surface area contributed by atoms with Gasteiger partial charge in [-0.25, -0.2) is 0 Å². The van der Waals surface area contributed by atoms with Crippen molar-refractivity contribution in [2.45, 2.75) is 25.3 Å². The second-order valence-corrected chi connectivity index (χ2v) is 6.42. The van der Waals surface area contributed by atoms with Gasteiger partial charge in [0, 0.05) is 40.3 Å². The topological polar surface area (TPSA) is 53.6 Å². The SMILES string of the molecule is Cc1ccc(CNCCSc2c(C)[nH]c3ccccc23)nn1. The number of H-pyrrole nitrogens is 1. The van der Waals surface area contributed by atoms with E-state index in [1.165, 1.54) is 21.5 Å². The van der Waals surface area contributed by atoms with E-state index in [0.717, 1.165) is 30.2 Å². The van der Waals surface area contributed by atoms with Gasteiger partial charge in [-0.15, -0.1) is 11.8 Å². The molecule has 0 aliphatic rings. The lowest BCUT2D eigenvalue weighted by Gasteiger charge is -2.05. The van der Waals surface area contributed by atoms with E-state index in [0.29, 0.717) is 0 Å². The average Bonchev–Trinajstić information content (AvgIpc) is 2.85. The molecule has 0 unspecified atom stereocenters. The Morgan fingerprint density at radius 2 is 1.95 bits per heavy atom. The van der Waals surface area contributed by atoms with Crippen molar-refractivity contribution in [2.24, 2.45) is 0 Å². The van der Waals surface area contributed by atoms with Crippen LogP contribution in [0.15, 0.2) is 41.3 Å². The first kappa shape index (κ1) is 15.1. The van der Waals surface area contributed by atoms with Crippen LogP contribution in [-0.4, -0.2) is 27.5 Å². The lowest BCUT2D eigenvalue weighted by atomic mass is 10.2. The summed E-state index contributed by atoms with van der Waals surface area (Å²) in [5.74, 6) is 1.03. The lowest BCUT2D eigenvalue weighted by molar-refractivity contribution is 0.700. The van der Waals surface area contributed by atoms with Crippen molar-refractivity contribution in [1.29, 1.82) is 0 Å². The van der Waals surface area contributed by atoms with Crippen LogP contribution in [0.4, 0.5) is 0 Å². The number of nitrogens with zero attached hydrogens (tertiary/aromatic N) is 2. The fourth-order valence-electron chi connectivity index (χ4n) is 2.40. The number of aromatic amines is 1. The molecule has 3 aromatic rings. The van der Waals surface area contributed by atoms with Crippen LogP contribution in [-0.2, 0) is 6.54 Å². The van der Waals surface area contributed by atoms with Crippen LogP contribution < -0.4 is 5.32 Å². The van der Waals surface area contributed by atoms with Gasteiger partial charge in [0.05, 0.1) is 11.4 Å². The highest BCUT2D eigenvalue weighted by Crippen LogP contribution is 2.30. The number of aryl methyl sites for hydroxylation is 2. The second kappa shape index (κ2) is 6.94. The highest BCUT2D eigenvalue weighted by atomic mass is 32.2. The molecule has 3 rings (SSSR count). The minimum Gasteiger partial charge on any atom is -0.358 e. The van der Waals surface area contributed by atoms with Gasteiger partial charge in [0.1, 0.15) is 0 Å². The molecule has 5 heteroatoms. The summed E-state index contributed by atoms with van der Waals surface area (Å²) in [6.45, 7) is 5.79. The maximum Gasteiger partial charge on any atom is 0.0769 e. The quantitative estimate of drug-likeness (QED) is 0.541. The van der Waals surface area contributed by atoms with Crippen molar-refractivity contribution in [2.75, 3.05) is 12.3 Å². The highest BCUT2D eigenvalue weighted by molar-refractivity contribution is 7.99. The fraction of sp³-hybridized carbons (Fsp3) is 0.294. The van der Waals surface area contributed by atoms with E-state index >= 15 is 0 Å². The fourth-order valence-corrected chi connectivity index (χ4v) is 3.45. The van der Waals surface area contributed by atoms with Crippen molar-refractivity contribution in [3.63, 3.8) is 0 Å². The summed E-state index contributed by atoms with van der Waals surface area (Å²) >= 11 is 1.89. The van der Waals surface area contributed by atoms with Gasteiger partial charge >= 0.3 is 0 Å². The molecule has 0 bridgehead atoms. The Kier molecular flexibility index (Phi) is 4.75. The summed E-state index contributed by atoms with van der Waals surface area (Å²) < 4.78 is 0. The van der Waals surface area contributed by atoms with E-state index in [1.54, 1.807) is 0 Å². The molecule has 0 radical (unpaired) electrons. The van der Waals surface area contributed by atoms with E-state index in [-0.39, 0.29) is 0 Å².